The number of ether oxygens (including phenoxy) is 3. The number of phenolic OH excluding ortho intramolecular Hbond substituents is 1. The molecule has 0 radical (unpaired) electrons. The average Bonchev–Trinajstić information content (AvgIpc) is 2.84. The number of aryl methyl sites for hydroxylation is 1. The van der Waals surface area contributed by atoms with Crippen LogP contribution in [0.25, 0.3) is 0 Å². The zero-order valence-electron chi connectivity index (χ0n) is 19.3. The zero-order chi connectivity index (χ0) is 25.4. The Labute approximate surface area is 209 Å². The normalized spacial score (nSPS) is 11.2. The summed E-state index contributed by atoms with van der Waals surface area (Å²) in [4.78, 5) is 13.0. The van der Waals surface area contributed by atoms with Crippen molar-refractivity contribution < 1.29 is 32.5 Å². The van der Waals surface area contributed by atoms with Crippen LogP contribution in [0.4, 0.5) is 5.69 Å². The van der Waals surface area contributed by atoms with E-state index in [1.807, 2.05) is 0 Å². The number of aromatic hydroxyl groups is 1. The van der Waals surface area contributed by atoms with Gasteiger partial charge in [0.2, 0.25) is 0 Å². The largest absolute Gasteiger partial charge is 0.504 e. The molecule has 3 rings (SSSR count). The van der Waals surface area contributed by atoms with Crippen LogP contribution in [0, 0.1) is 0 Å². The van der Waals surface area contributed by atoms with Crippen LogP contribution in [0.15, 0.2) is 65.6 Å². The van der Waals surface area contributed by atoms with Gasteiger partial charge in [0, 0.05) is 17.7 Å². The lowest BCUT2D eigenvalue weighted by atomic mass is 10.1. The lowest BCUT2D eigenvalue weighted by Gasteiger charge is -2.16. The Bertz CT molecular complexity index is 1260. The molecule has 0 aliphatic heterocycles. The molecule has 186 valence electrons. The Kier molecular flexibility index (Phi) is 8.97. The number of nitrogens with one attached hydrogen (secondary N) is 1. The van der Waals surface area contributed by atoms with Crippen molar-refractivity contribution in [2.45, 2.75) is 17.7 Å². The van der Waals surface area contributed by atoms with Gasteiger partial charge in [-0.25, -0.2) is 8.42 Å². The molecule has 0 bridgehead atoms. The molecule has 0 fully saturated rings. The van der Waals surface area contributed by atoms with E-state index in [9.17, 15) is 18.3 Å². The highest BCUT2D eigenvalue weighted by Crippen LogP contribution is 2.37. The van der Waals surface area contributed by atoms with Crippen LogP contribution in [0.1, 0.15) is 22.3 Å². The van der Waals surface area contributed by atoms with Gasteiger partial charge in [-0.1, -0.05) is 11.6 Å². The standard InChI is InChI=1S/C25H26ClNO7S/c1-32-16-34-24-22(27-25(29)18-5-9-20(33-2)10-6-18)14-17(15-23(24)28)4-3-13-35(30,31)21-11-7-19(26)8-12-21/h5-12,14-15,28H,3-4,13,16H2,1-2H3,(H,27,29). The molecule has 0 heterocycles. The van der Waals surface area contributed by atoms with Gasteiger partial charge in [-0.3, -0.25) is 4.79 Å². The van der Waals surface area contributed by atoms with Crippen molar-refractivity contribution in [2.75, 3.05) is 32.1 Å². The molecule has 3 aromatic carbocycles. The van der Waals surface area contributed by atoms with Gasteiger partial charge in [-0.15, -0.1) is 0 Å². The molecule has 35 heavy (non-hydrogen) atoms. The highest BCUT2D eigenvalue weighted by Gasteiger charge is 2.18. The minimum absolute atomic E-state index is 0.0475. The smallest absolute Gasteiger partial charge is 0.255 e. The van der Waals surface area contributed by atoms with Crippen molar-refractivity contribution in [3.63, 3.8) is 0 Å². The van der Waals surface area contributed by atoms with Crippen molar-refractivity contribution in [3.05, 3.63) is 76.8 Å². The van der Waals surface area contributed by atoms with E-state index in [0.29, 0.717) is 34.7 Å². The molecule has 10 heteroatoms. The Morgan fingerprint density at radius 1 is 1.03 bits per heavy atom. The number of anilines is 1. The van der Waals surface area contributed by atoms with E-state index in [1.54, 1.807) is 30.3 Å². The first-order valence-electron chi connectivity index (χ1n) is 10.6. The SMILES string of the molecule is COCOc1c(O)cc(CCCS(=O)(=O)c2ccc(Cl)cc2)cc1NC(=O)c1ccc(OC)cc1. The summed E-state index contributed by atoms with van der Waals surface area (Å²) in [5, 5.41) is 13.7. The number of halogens is 1. The van der Waals surface area contributed by atoms with Crippen LogP contribution >= 0.6 is 11.6 Å². The summed E-state index contributed by atoms with van der Waals surface area (Å²) in [6, 6.07) is 15.6. The molecule has 0 aliphatic carbocycles. The number of hydrogen-bond donors (Lipinski definition) is 2. The van der Waals surface area contributed by atoms with E-state index in [0.717, 1.165) is 0 Å². The predicted octanol–water partition coefficient (Wildman–Crippen LogP) is 4.70. The quantitative estimate of drug-likeness (QED) is 0.353. The number of methoxy groups -OCH3 is 2. The lowest BCUT2D eigenvalue weighted by Crippen LogP contribution is -2.14. The molecular formula is C25H26ClNO7S. The minimum Gasteiger partial charge on any atom is -0.504 e. The Hall–Kier alpha value is -3.27. The monoisotopic (exact) mass is 519 g/mol. The Morgan fingerprint density at radius 2 is 1.71 bits per heavy atom. The summed E-state index contributed by atoms with van der Waals surface area (Å²) < 4.78 is 40.7. The Balaban J connectivity index is 1.77. The molecule has 2 N–H and O–H groups in total. The fourth-order valence-corrected chi connectivity index (χ4v) is 4.78. The highest BCUT2D eigenvalue weighted by molar-refractivity contribution is 7.91. The van der Waals surface area contributed by atoms with Crippen molar-refractivity contribution >= 4 is 33.0 Å². The van der Waals surface area contributed by atoms with Crippen molar-refractivity contribution in [3.8, 4) is 17.2 Å². The van der Waals surface area contributed by atoms with Gasteiger partial charge >= 0.3 is 0 Å². The van der Waals surface area contributed by atoms with E-state index in [2.05, 4.69) is 5.32 Å². The van der Waals surface area contributed by atoms with Crippen LogP contribution in [0.3, 0.4) is 0 Å². The van der Waals surface area contributed by atoms with E-state index >= 15 is 0 Å². The van der Waals surface area contributed by atoms with Gasteiger partial charge in [-0.2, -0.15) is 0 Å². The second-order valence-electron chi connectivity index (χ2n) is 7.60. The molecule has 3 aromatic rings. The molecule has 0 spiro atoms. The first kappa shape index (κ1) is 26.3. The number of amides is 1. The second kappa shape index (κ2) is 11.9. The van der Waals surface area contributed by atoms with Gasteiger partial charge in [0.15, 0.2) is 28.1 Å². The van der Waals surface area contributed by atoms with Crippen LogP contribution in [0.5, 0.6) is 17.2 Å². The fraction of sp³-hybridized carbons (Fsp3) is 0.240. The molecule has 0 aliphatic rings. The molecule has 8 nitrogen and oxygen atoms in total. The molecule has 0 unspecified atom stereocenters. The summed E-state index contributed by atoms with van der Waals surface area (Å²) in [5.41, 5.74) is 1.24. The first-order valence-corrected chi connectivity index (χ1v) is 12.7. The summed E-state index contributed by atoms with van der Waals surface area (Å²) in [7, 11) is -0.527. The van der Waals surface area contributed by atoms with Crippen LogP contribution < -0.4 is 14.8 Å². The third-order valence-electron chi connectivity index (χ3n) is 5.10. The molecule has 0 saturated carbocycles. The van der Waals surface area contributed by atoms with Crippen molar-refractivity contribution in [1.82, 2.24) is 0 Å². The van der Waals surface area contributed by atoms with E-state index in [1.165, 1.54) is 44.6 Å². The molecule has 0 atom stereocenters. The maximum absolute atomic E-state index is 12.8. The number of phenols is 1. The summed E-state index contributed by atoms with van der Waals surface area (Å²) in [6.07, 6.45) is 0.644. The molecule has 1 amide bonds. The van der Waals surface area contributed by atoms with Crippen LogP contribution in [0.2, 0.25) is 5.02 Å². The van der Waals surface area contributed by atoms with Gasteiger partial charge in [0.1, 0.15) is 5.75 Å². The highest BCUT2D eigenvalue weighted by atomic mass is 35.5. The van der Waals surface area contributed by atoms with Gasteiger partial charge in [-0.05, 0) is 79.1 Å². The first-order chi connectivity index (χ1) is 16.7. The maximum atomic E-state index is 12.8. The average molecular weight is 520 g/mol. The van der Waals surface area contributed by atoms with Crippen LogP contribution in [-0.4, -0.2) is 46.2 Å². The zero-order valence-corrected chi connectivity index (χ0v) is 20.9. The lowest BCUT2D eigenvalue weighted by molar-refractivity contribution is 0.0496. The van der Waals surface area contributed by atoms with Crippen molar-refractivity contribution in [2.24, 2.45) is 0 Å². The third-order valence-corrected chi connectivity index (χ3v) is 7.17. The topological polar surface area (TPSA) is 111 Å². The molecule has 0 saturated heterocycles. The van der Waals surface area contributed by atoms with Gasteiger partial charge < -0.3 is 24.6 Å². The summed E-state index contributed by atoms with van der Waals surface area (Å²) >= 11 is 5.84. The molecule has 0 aromatic heterocycles. The van der Waals surface area contributed by atoms with Gasteiger partial charge in [0.05, 0.1) is 23.4 Å². The number of benzene rings is 3. The van der Waals surface area contributed by atoms with Crippen molar-refractivity contribution in [1.29, 1.82) is 0 Å². The van der Waals surface area contributed by atoms with Gasteiger partial charge in [0.25, 0.3) is 5.91 Å². The number of sulfone groups is 1. The van der Waals surface area contributed by atoms with E-state index in [4.69, 9.17) is 25.8 Å². The Morgan fingerprint density at radius 3 is 2.34 bits per heavy atom. The number of carbonyl (C=O) groups excluding carboxylic acids is 1. The minimum atomic E-state index is -3.49. The number of carbonyl (C=O) groups is 1. The summed E-state index contributed by atoms with van der Waals surface area (Å²) in [5.74, 6) is -0.0581. The molecular weight excluding hydrogens is 494 g/mol. The second-order valence-corrected chi connectivity index (χ2v) is 10.1. The van der Waals surface area contributed by atoms with Crippen LogP contribution in [-0.2, 0) is 21.0 Å². The summed E-state index contributed by atoms with van der Waals surface area (Å²) in [6.45, 7) is -0.141. The number of rotatable bonds is 11. The van der Waals surface area contributed by atoms with E-state index in [-0.39, 0.29) is 34.6 Å². The van der Waals surface area contributed by atoms with E-state index < -0.39 is 15.7 Å². The fourth-order valence-electron chi connectivity index (χ4n) is 3.34. The predicted molar refractivity (Wildman–Crippen MR) is 133 cm³/mol. The maximum Gasteiger partial charge on any atom is 0.255 e. The number of hydrogen-bond acceptors (Lipinski definition) is 7. The third kappa shape index (κ3) is 7.11.